The van der Waals surface area contributed by atoms with Crippen LogP contribution in [0.3, 0.4) is 0 Å². The number of hydrogen-bond donors (Lipinski definition) is 1. The van der Waals surface area contributed by atoms with E-state index >= 15 is 0 Å². The molecule has 0 atom stereocenters. The molecule has 1 heterocycles. The Labute approximate surface area is 151 Å². The van der Waals surface area contributed by atoms with Gasteiger partial charge < -0.3 is 9.75 Å². The molecule has 128 valence electrons. The second kappa shape index (κ2) is 7.42. The molecule has 0 radical (unpaired) electrons. The minimum atomic E-state index is 0.344. The molecule has 0 fully saturated rings. The van der Waals surface area contributed by atoms with Gasteiger partial charge in [0.05, 0.1) is 11.4 Å². The molecule has 0 amide bonds. The fraction of sp³-hybridized carbons (Fsp3) is 0.105. The zero-order chi connectivity index (χ0) is 17.8. The Kier molecular flexibility index (Phi) is 5.07. The average molecular weight is 355 g/mol. The van der Waals surface area contributed by atoms with Gasteiger partial charge in [-0.15, -0.1) is 5.10 Å². The molecule has 5 nitrogen and oxygen atoms in total. The molecule has 0 spiro atoms. The predicted octanol–water partition coefficient (Wildman–Crippen LogP) is 4.06. The van der Waals surface area contributed by atoms with E-state index in [-0.39, 0.29) is 0 Å². The lowest BCUT2D eigenvalue weighted by Crippen LogP contribution is -2.26. The van der Waals surface area contributed by atoms with Gasteiger partial charge in [0, 0.05) is 29.9 Å². The van der Waals surface area contributed by atoms with Crippen LogP contribution in [-0.4, -0.2) is 16.8 Å². The molecule has 0 bridgehead atoms. The van der Waals surface area contributed by atoms with E-state index in [4.69, 9.17) is 22.2 Å². The lowest BCUT2D eigenvalue weighted by atomic mass is 10.1. The second-order valence-corrected chi connectivity index (χ2v) is 5.96. The topological polar surface area (TPSA) is 56.3 Å². The fourth-order valence-corrected chi connectivity index (χ4v) is 2.66. The summed E-state index contributed by atoms with van der Waals surface area (Å²) in [6.07, 6.45) is 3.63. The third-order valence-corrected chi connectivity index (χ3v) is 4.06. The van der Waals surface area contributed by atoms with Gasteiger partial charge in [0.25, 0.3) is 0 Å². The standard InChI is InChI=1S/C19H19ClN4O/c1-3-14-5-4-6-18(23(2)21)17(14)13-25-19-11-12-24(22-19)16-9-7-15(20)8-10-16/h3-12H,1,13,21H2,2H3. The number of ether oxygens (including phenoxy) is 1. The van der Waals surface area contributed by atoms with E-state index in [0.717, 1.165) is 22.5 Å². The summed E-state index contributed by atoms with van der Waals surface area (Å²) in [7, 11) is 1.79. The molecule has 6 heteroatoms. The van der Waals surface area contributed by atoms with Gasteiger partial charge in [0.1, 0.15) is 6.61 Å². The van der Waals surface area contributed by atoms with Crippen LogP contribution in [0.15, 0.2) is 61.3 Å². The number of hydrogen-bond acceptors (Lipinski definition) is 4. The van der Waals surface area contributed by atoms with Gasteiger partial charge in [-0.05, 0) is 35.9 Å². The van der Waals surface area contributed by atoms with Gasteiger partial charge in [-0.25, -0.2) is 10.5 Å². The van der Waals surface area contributed by atoms with Crippen molar-refractivity contribution in [3.8, 4) is 11.6 Å². The van der Waals surface area contributed by atoms with E-state index in [1.54, 1.807) is 22.8 Å². The maximum atomic E-state index is 5.91. The summed E-state index contributed by atoms with van der Waals surface area (Å²) in [4.78, 5) is 0. The molecule has 2 aromatic carbocycles. The zero-order valence-electron chi connectivity index (χ0n) is 13.9. The summed E-state index contributed by atoms with van der Waals surface area (Å²) in [5.74, 6) is 6.44. The molecule has 0 saturated heterocycles. The number of hydrazine groups is 1. The SMILES string of the molecule is C=Cc1cccc(N(C)N)c1COc1ccn(-c2ccc(Cl)cc2)n1. The Bertz CT molecular complexity index is 871. The van der Waals surface area contributed by atoms with Crippen molar-refractivity contribution in [3.63, 3.8) is 0 Å². The van der Waals surface area contributed by atoms with Crippen LogP contribution in [0.4, 0.5) is 5.69 Å². The lowest BCUT2D eigenvalue weighted by molar-refractivity contribution is 0.292. The van der Waals surface area contributed by atoms with E-state index in [0.29, 0.717) is 17.5 Å². The molecule has 0 unspecified atom stereocenters. The highest BCUT2D eigenvalue weighted by molar-refractivity contribution is 6.30. The second-order valence-electron chi connectivity index (χ2n) is 5.52. The zero-order valence-corrected chi connectivity index (χ0v) is 14.6. The fourth-order valence-electron chi connectivity index (χ4n) is 2.54. The van der Waals surface area contributed by atoms with Gasteiger partial charge >= 0.3 is 0 Å². The Balaban J connectivity index is 1.79. The van der Waals surface area contributed by atoms with E-state index < -0.39 is 0 Å². The quantitative estimate of drug-likeness (QED) is 0.535. The number of rotatable bonds is 6. The number of benzene rings is 2. The summed E-state index contributed by atoms with van der Waals surface area (Å²) >= 11 is 5.91. The number of nitrogens with two attached hydrogens (primary N) is 1. The van der Waals surface area contributed by atoms with Crippen LogP contribution in [0.25, 0.3) is 11.8 Å². The monoisotopic (exact) mass is 354 g/mol. The van der Waals surface area contributed by atoms with Crippen molar-refractivity contribution in [1.82, 2.24) is 9.78 Å². The smallest absolute Gasteiger partial charge is 0.233 e. The van der Waals surface area contributed by atoms with Gasteiger partial charge in [-0.1, -0.05) is 36.4 Å². The maximum absolute atomic E-state index is 5.91. The first-order valence-electron chi connectivity index (χ1n) is 7.75. The van der Waals surface area contributed by atoms with Crippen LogP contribution in [0.5, 0.6) is 5.88 Å². The van der Waals surface area contributed by atoms with Crippen molar-refractivity contribution < 1.29 is 4.74 Å². The predicted molar refractivity (Wildman–Crippen MR) is 102 cm³/mol. The third-order valence-electron chi connectivity index (χ3n) is 3.81. The third kappa shape index (κ3) is 3.84. The highest BCUT2D eigenvalue weighted by Gasteiger charge is 2.11. The number of aromatic nitrogens is 2. The lowest BCUT2D eigenvalue weighted by Gasteiger charge is -2.18. The van der Waals surface area contributed by atoms with Crippen molar-refractivity contribution in [1.29, 1.82) is 0 Å². The van der Waals surface area contributed by atoms with E-state index in [2.05, 4.69) is 11.7 Å². The molecule has 0 aliphatic carbocycles. The van der Waals surface area contributed by atoms with Crippen LogP contribution < -0.4 is 15.6 Å². The summed E-state index contributed by atoms with van der Waals surface area (Å²) in [6.45, 7) is 4.20. The van der Waals surface area contributed by atoms with Crippen LogP contribution in [0.2, 0.25) is 5.02 Å². The van der Waals surface area contributed by atoms with Gasteiger partial charge in [-0.2, -0.15) is 0 Å². The molecule has 25 heavy (non-hydrogen) atoms. The Morgan fingerprint density at radius 2 is 2.00 bits per heavy atom. The molecule has 1 aromatic heterocycles. The Morgan fingerprint density at radius 3 is 2.68 bits per heavy atom. The molecule has 3 rings (SSSR count). The van der Waals surface area contributed by atoms with Crippen LogP contribution >= 0.6 is 11.6 Å². The number of nitrogens with zero attached hydrogens (tertiary/aromatic N) is 3. The van der Waals surface area contributed by atoms with Crippen molar-refractivity contribution in [2.45, 2.75) is 6.61 Å². The van der Waals surface area contributed by atoms with Crippen molar-refractivity contribution in [2.24, 2.45) is 5.84 Å². The molecule has 3 aromatic rings. The summed E-state index contributed by atoms with van der Waals surface area (Å²) in [5, 5.41) is 6.69. The molecular weight excluding hydrogens is 336 g/mol. The van der Waals surface area contributed by atoms with Gasteiger partial charge in [0.15, 0.2) is 0 Å². The Hall–Kier alpha value is -2.76. The first-order valence-corrected chi connectivity index (χ1v) is 8.13. The van der Waals surface area contributed by atoms with Crippen LogP contribution in [0, 0.1) is 0 Å². The van der Waals surface area contributed by atoms with Crippen molar-refractivity contribution in [2.75, 3.05) is 12.1 Å². The first-order chi connectivity index (χ1) is 12.1. The first kappa shape index (κ1) is 17.1. The normalized spacial score (nSPS) is 10.5. The molecule has 0 saturated carbocycles. The molecule has 2 N–H and O–H groups in total. The minimum absolute atomic E-state index is 0.344. The summed E-state index contributed by atoms with van der Waals surface area (Å²) in [6, 6.07) is 15.1. The molecule has 0 aliphatic heterocycles. The van der Waals surface area contributed by atoms with Gasteiger partial charge in [-0.3, -0.25) is 0 Å². The molecular formula is C19H19ClN4O. The number of halogens is 1. The van der Waals surface area contributed by atoms with E-state index in [1.807, 2.05) is 54.7 Å². The van der Waals surface area contributed by atoms with Gasteiger partial charge in [0.2, 0.25) is 5.88 Å². The summed E-state index contributed by atoms with van der Waals surface area (Å²) in [5.41, 5.74) is 3.73. The van der Waals surface area contributed by atoms with Crippen molar-refractivity contribution >= 4 is 23.4 Å². The van der Waals surface area contributed by atoms with E-state index in [1.165, 1.54) is 0 Å². The average Bonchev–Trinajstić information content (AvgIpc) is 3.09. The maximum Gasteiger partial charge on any atom is 0.233 e. The number of anilines is 1. The Morgan fingerprint density at radius 1 is 1.24 bits per heavy atom. The highest BCUT2D eigenvalue weighted by Crippen LogP contribution is 2.24. The largest absolute Gasteiger partial charge is 0.472 e. The highest BCUT2D eigenvalue weighted by atomic mass is 35.5. The van der Waals surface area contributed by atoms with Crippen molar-refractivity contribution in [3.05, 3.63) is 77.5 Å². The molecule has 0 aliphatic rings. The summed E-state index contributed by atoms with van der Waals surface area (Å²) < 4.78 is 7.60. The van der Waals surface area contributed by atoms with Crippen LogP contribution in [-0.2, 0) is 6.61 Å². The van der Waals surface area contributed by atoms with E-state index in [9.17, 15) is 0 Å². The van der Waals surface area contributed by atoms with Crippen LogP contribution in [0.1, 0.15) is 11.1 Å². The minimum Gasteiger partial charge on any atom is -0.472 e.